The molecule has 0 radical (unpaired) electrons. The molecule has 1 heterocycles. The highest BCUT2D eigenvalue weighted by atomic mass is 32.2. The molecule has 1 aromatic rings. The summed E-state index contributed by atoms with van der Waals surface area (Å²) in [4.78, 5) is 1.40. The van der Waals surface area contributed by atoms with E-state index in [2.05, 4.69) is 0 Å². The maximum Gasteiger partial charge on any atom is 0.154 e. The first-order valence-corrected chi connectivity index (χ1v) is 7.52. The van der Waals surface area contributed by atoms with Crippen LogP contribution in [0.25, 0.3) is 0 Å². The second-order valence-electron chi connectivity index (χ2n) is 4.56. The largest absolute Gasteiger partial charge is 0.362 e. The lowest BCUT2D eigenvalue weighted by atomic mass is 10.1. The highest BCUT2D eigenvalue weighted by Gasteiger charge is 2.31. The van der Waals surface area contributed by atoms with Crippen molar-refractivity contribution in [2.75, 3.05) is 23.0 Å². The molecular weight excluding hydrogens is 274 g/mol. The first-order chi connectivity index (χ1) is 8.84. The Labute approximate surface area is 110 Å². The van der Waals surface area contributed by atoms with Gasteiger partial charge in [0.1, 0.15) is 5.69 Å². The van der Waals surface area contributed by atoms with E-state index in [0.717, 1.165) is 12.1 Å². The summed E-state index contributed by atoms with van der Waals surface area (Å²) >= 11 is 0. The van der Waals surface area contributed by atoms with Crippen LogP contribution in [0.1, 0.15) is 12.5 Å². The van der Waals surface area contributed by atoms with Gasteiger partial charge in [-0.3, -0.25) is 0 Å². The predicted octanol–water partition coefficient (Wildman–Crippen LogP) is 1.46. The summed E-state index contributed by atoms with van der Waals surface area (Å²) in [7, 11) is -3.15. The molecule has 1 aromatic carbocycles. The van der Waals surface area contributed by atoms with Crippen LogP contribution in [-0.2, 0) is 9.84 Å². The van der Waals surface area contributed by atoms with Gasteiger partial charge in [-0.05, 0) is 19.1 Å². The van der Waals surface area contributed by atoms with Crippen molar-refractivity contribution >= 4 is 15.5 Å². The van der Waals surface area contributed by atoms with Gasteiger partial charge in [-0.1, -0.05) is 0 Å². The van der Waals surface area contributed by atoms with Crippen LogP contribution in [0.2, 0.25) is 0 Å². The van der Waals surface area contributed by atoms with Gasteiger partial charge < -0.3 is 4.90 Å². The van der Waals surface area contributed by atoms with Crippen molar-refractivity contribution in [3.8, 4) is 6.07 Å². The van der Waals surface area contributed by atoms with Gasteiger partial charge in [-0.15, -0.1) is 0 Å². The average Bonchev–Trinajstić information content (AvgIpc) is 2.30. The Morgan fingerprint density at radius 2 is 1.95 bits per heavy atom. The minimum Gasteiger partial charge on any atom is -0.362 e. The minimum absolute atomic E-state index is 0.0449. The van der Waals surface area contributed by atoms with Crippen molar-refractivity contribution in [2.45, 2.75) is 13.0 Å². The molecular formula is C12H12F2N2O2S. The van der Waals surface area contributed by atoms with Crippen molar-refractivity contribution in [3.63, 3.8) is 0 Å². The van der Waals surface area contributed by atoms with Gasteiger partial charge >= 0.3 is 0 Å². The fraction of sp³-hybridized carbons (Fsp3) is 0.417. The molecule has 1 aliphatic heterocycles. The third-order valence-corrected chi connectivity index (χ3v) is 4.90. The van der Waals surface area contributed by atoms with Crippen LogP contribution in [0.15, 0.2) is 12.1 Å². The first kappa shape index (κ1) is 13.7. The number of nitriles is 1. The van der Waals surface area contributed by atoms with Crippen molar-refractivity contribution in [3.05, 3.63) is 29.3 Å². The van der Waals surface area contributed by atoms with Crippen molar-refractivity contribution in [1.82, 2.24) is 0 Å². The van der Waals surface area contributed by atoms with Crippen molar-refractivity contribution in [1.29, 1.82) is 5.26 Å². The van der Waals surface area contributed by atoms with Gasteiger partial charge in [-0.25, -0.2) is 17.2 Å². The van der Waals surface area contributed by atoms with Gasteiger partial charge in [0.25, 0.3) is 0 Å². The molecule has 2 rings (SSSR count). The van der Waals surface area contributed by atoms with E-state index in [0.29, 0.717) is 0 Å². The van der Waals surface area contributed by atoms with Gasteiger partial charge in [0, 0.05) is 12.6 Å². The number of rotatable bonds is 1. The normalized spacial score (nSPS) is 22.0. The fourth-order valence-corrected chi connectivity index (χ4v) is 3.79. The van der Waals surface area contributed by atoms with Crippen LogP contribution in [0, 0.1) is 23.0 Å². The van der Waals surface area contributed by atoms with E-state index in [1.165, 1.54) is 4.90 Å². The third kappa shape index (κ3) is 2.68. The molecule has 0 amide bonds. The summed E-state index contributed by atoms with van der Waals surface area (Å²) < 4.78 is 50.6. The van der Waals surface area contributed by atoms with Crippen LogP contribution in [0.5, 0.6) is 0 Å². The van der Waals surface area contributed by atoms with Crippen molar-refractivity contribution < 1.29 is 17.2 Å². The number of hydrogen-bond acceptors (Lipinski definition) is 4. The maximum absolute atomic E-state index is 13.9. The van der Waals surface area contributed by atoms with Gasteiger partial charge in [0.05, 0.1) is 23.1 Å². The minimum atomic E-state index is -3.15. The molecule has 4 nitrogen and oxygen atoms in total. The van der Waals surface area contributed by atoms with E-state index < -0.39 is 27.5 Å². The Hall–Kier alpha value is -1.68. The maximum atomic E-state index is 13.9. The summed E-state index contributed by atoms with van der Waals surface area (Å²) in [5.41, 5.74) is -0.363. The Bertz CT molecular complexity index is 629. The molecule has 19 heavy (non-hydrogen) atoms. The summed E-state index contributed by atoms with van der Waals surface area (Å²) in [6.45, 7) is 1.65. The zero-order chi connectivity index (χ0) is 14.2. The topological polar surface area (TPSA) is 61.2 Å². The van der Waals surface area contributed by atoms with Crippen LogP contribution in [0.4, 0.5) is 14.5 Å². The van der Waals surface area contributed by atoms with Gasteiger partial charge in [-0.2, -0.15) is 5.26 Å². The number of halogens is 2. The first-order valence-electron chi connectivity index (χ1n) is 5.70. The lowest BCUT2D eigenvalue weighted by Gasteiger charge is -2.35. The molecule has 1 saturated heterocycles. The van der Waals surface area contributed by atoms with E-state index in [-0.39, 0.29) is 29.3 Å². The number of benzene rings is 1. The highest BCUT2D eigenvalue weighted by Crippen LogP contribution is 2.28. The van der Waals surface area contributed by atoms with Crippen LogP contribution >= 0.6 is 0 Å². The molecule has 0 aromatic heterocycles. The molecule has 1 unspecified atom stereocenters. The molecule has 102 valence electrons. The van der Waals surface area contributed by atoms with Gasteiger partial charge in [0.2, 0.25) is 0 Å². The molecule has 0 spiro atoms. The van der Waals surface area contributed by atoms with Crippen LogP contribution in [-0.4, -0.2) is 32.5 Å². The molecule has 7 heteroatoms. The standard InChI is InChI=1S/C12H12F2N2O2S/c1-8-7-19(17,18)3-2-16(8)12-10(13)4-9(6-15)5-11(12)14/h4-5,8H,2-3,7H2,1H3. The Balaban J connectivity index is 2.41. The molecule has 0 N–H and O–H groups in total. The van der Waals surface area contributed by atoms with E-state index in [4.69, 9.17) is 5.26 Å². The SMILES string of the molecule is CC1CS(=O)(=O)CCN1c1c(F)cc(C#N)cc1F. The van der Waals surface area contributed by atoms with Crippen LogP contribution < -0.4 is 4.90 Å². The lowest BCUT2D eigenvalue weighted by molar-refractivity contribution is 0.538. The quantitative estimate of drug-likeness (QED) is 0.784. The Morgan fingerprint density at radius 1 is 1.37 bits per heavy atom. The van der Waals surface area contributed by atoms with Gasteiger partial charge in [0.15, 0.2) is 21.5 Å². The zero-order valence-electron chi connectivity index (χ0n) is 10.2. The smallest absolute Gasteiger partial charge is 0.154 e. The number of anilines is 1. The Morgan fingerprint density at radius 3 is 2.42 bits per heavy atom. The average molecular weight is 286 g/mol. The number of nitrogens with zero attached hydrogens (tertiary/aromatic N) is 2. The van der Waals surface area contributed by atoms with E-state index in [1.807, 2.05) is 0 Å². The molecule has 0 aliphatic carbocycles. The highest BCUT2D eigenvalue weighted by molar-refractivity contribution is 7.91. The zero-order valence-corrected chi connectivity index (χ0v) is 11.0. The third-order valence-electron chi connectivity index (χ3n) is 3.10. The van der Waals surface area contributed by atoms with E-state index in [9.17, 15) is 17.2 Å². The van der Waals surface area contributed by atoms with Crippen molar-refractivity contribution in [2.24, 2.45) is 0 Å². The van der Waals surface area contributed by atoms with E-state index in [1.54, 1.807) is 13.0 Å². The van der Waals surface area contributed by atoms with Crippen LogP contribution in [0.3, 0.4) is 0 Å². The summed E-state index contributed by atoms with van der Waals surface area (Å²) in [5.74, 6) is -1.95. The van der Waals surface area contributed by atoms with E-state index >= 15 is 0 Å². The Kier molecular flexibility index (Phi) is 3.45. The summed E-state index contributed by atoms with van der Waals surface area (Å²) in [6, 6.07) is 3.07. The predicted molar refractivity (Wildman–Crippen MR) is 66.5 cm³/mol. The summed E-state index contributed by atoms with van der Waals surface area (Å²) in [5, 5.41) is 8.63. The molecule has 1 atom stereocenters. The number of sulfone groups is 1. The second kappa shape index (κ2) is 4.78. The molecule has 1 aliphatic rings. The molecule has 1 fully saturated rings. The monoisotopic (exact) mass is 286 g/mol. The fourth-order valence-electron chi connectivity index (χ4n) is 2.24. The molecule has 0 bridgehead atoms. The number of hydrogen-bond donors (Lipinski definition) is 0. The lowest BCUT2D eigenvalue weighted by Crippen LogP contribution is -2.47. The molecule has 0 saturated carbocycles. The second-order valence-corrected chi connectivity index (χ2v) is 6.79. The summed E-state index contributed by atoms with van der Waals surface area (Å²) in [6.07, 6.45) is 0.